The molecule has 0 spiro atoms. The molecule has 270 valence electrons. The zero-order valence-electron chi connectivity index (χ0n) is 29.1. The number of nitrogens with one attached hydrogen (secondary N) is 4. The van der Waals surface area contributed by atoms with E-state index in [9.17, 15) is 24.4 Å². The second-order valence-corrected chi connectivity index (χ2v) is 12.6. The smallest absolute Gasteiger partial charge is 0.338 e. The first kappa shape index (κ1) is 37.3. The summed E-state index contributed by atoms with van der Waals surface area (Å²) in [5.41, 5.74) is 6.57. The van der Waals surface area contributed by atoms with Crippen LogP contribution in [0.15, 0.2) is 109 Å². The molecule has 5 rings (SSSR count). The van der Waals surface area contributed by atoms with Crippen molar-refractivity contribution in [3.8, 4) is 5.75 Å². The van der Waals surface area contributed by atoms with E-state index in [4.69, 9.17) is 9.47 Å². The van der Waals surface area contributed by atoms with Gasteiger partial charge in [-0.2, -0.15) is 0 Å². The van der Waals surface area contributed by atoms with Crippen LogP contribution in [-0.4, -0.2) is 53.6 Å². The number of amides is 3. The molecule has 5 N–H and O–H groups in total. The second kappa shape index (κ2) is 18.9. The fourth-order valence-electron chi connectivity index (χ4n) is 6.07. The number of benzene rings is 4. The number of hydroxylamine groups is 1. The van der Waals surface area contributed by atoms with Gasteiger partial charge in [-0.15, -0.1) is 0 Å². The number of ether oxygens (including phenoxy) is 2. The van der Waals surface area contributed by atoms with E-state index in [1.807, 2.05) is 91.1 Å². The van der Waals surface area contributed by atoms with E-state index in [1.165, 1.54) is 0 Å². The number of hydrogen-bond donors (Lipinski definition) is 5. The van der Waals surface area contributed by atoms with Crippen molar-refractivity contribution < 1.29 is 33.9 Å². The number of carbonyl (C=O) groups is 4. The van der Waals surface area contributed by atoms with Crippen molar-refractivity contribution >= 4 is 34.6 Å². The van der Waals surface area contributed by atoms with Crippen LogP contribution in [0.3, 0.4) is 0 Å². The van der Waals surface area contributed by atoms with Gasteiger partial charge in [-0.1, -0.05) is 72.8 Å². The Morgan fingerprint density at radius 1 is 0.808 bits per heavy atom. The summed E-state index contributed by atoms with van der Waals surface area (Å²) in [5, 5.41) is 16.0. The van der Waals surface area contributed by atoms with E-state index in [2.05, 4.69) is 15.6 Å². The third-order valence-electron chi connectivity index (χ3n) is 8.92. The van der Waals surface area contributed by atoms with Crippen molar-refractivity contribution in [2.45, 2.75) is 51.2 Å². The molecular weight excluding hydrogens is 660 g/mol. The molecule has 0 fully saturated rings. The van der Waals surface area contributed by atoms with Crippen LogP contribution in [0.4, 0.5) is 0 Å². The first-order valence-corrected chi connectivity index (χ1v) is 17.3. The quantitative estimate of drug-likeness (QED) is 0.0461. The molecule has 3 amide bonds. The van der Waals surface area contributed by atoms with Gasteiger partial charge in [0.05, 0.1) is 12.7 Å². The number of hydrogen-bond acceptors (Lipinski definition) is 7. The van der Waals surface area contributed by atoms with Gasteiger partial charge in [0.25, 0.3) is 0 Å². The summed E-state index contributed by atoms with van der Waals surface area (Å²) in [6.07, 6.45) is 3.85. The van der Waals surface area contributed by atoms with Crippen LogP contribution < -0.4 is 20.9 Å². The van der Waals surface area contributed by atoms with Crippen LogP contribution in [0, 0.1) is 5.92 Å². The molecule has 0 saturated carbocycles. The van der Waals surface area contributed by atoms with Gasteiger partial charge in [0.2, 0.25) is 17.7 Å². The molecule has 0 saturated heterocycles. The summed E-state index contributed by atoms with van der Waals surface area (Å²) in [5.74, 6) is -2.01. The highest BCUT2D eigenvalue weighted by atomic mass is 16.5. The summed E-state index contributed by atoms with van der Waals surface area (Å²) in [6.45, 7) is 0.414. The summed E-state index contributed by atoms with van der Waals surface area (Å²) in [4.78, 5) is 55.6. The Kier molecular flexibility index (Phi) is 13.6. The lowest BCUT2D eigenvalue weighted by molar-refractivity contribution is -0.136. The summed E-state index contributed by atoms with van der Waals surface area (Å²) in [6, 6.07) is 30.9. The number of rotatable bonds is 18. The van der Waals surface area contributed by atoms with E-state index in [0.29, 0.717) is 31.2 Å². The molecule has 0 radical (unpaired) electrons. The van der Waals surface area contributed by atoms with Crippen molar-refractivity contribution in [3.05, 3.63) is 137 Å². The molecule has 0 bridgehead atoms. The number of fused-ring (bicyclic) bond motifs is 1. The van der Waals surface area contributed by atoms with Gasteiger partial charge in [0.15, 0.2) is 0 Å². The average Bonchev–Trinajstić information content (AvgIpc) is 3.59. The van der Waals surface area contributed by atoms with Gasteiger partial charge >= 0.3 is 5.97 Å². The topological polar surface area (TPSA) is 159 Å². The highest BCUT2D eigenvalue weighted by Gasteiger charge is 2.28. The molecule has 4 aromatic carbocycles. The number of aromatic nitrogens is 1. The number of aromatic amines is 1. The van der Waals surface area contributed by atoms with Gasteiger partial charge in [-0.25, -0.2) is 10.3 Å². The fraction of sp³-hybridized carbons (Fsp3) is 0.268. The first-order chi connectivity index (χ1) is 25.3. The number of carbonyl (C=O) groups excluding carboxylic acids is 4. The number of H-pyrrole nitrogens is 1. The third-order valence-corrected chi connectivity index (χ3v) is 8.92. The van der Waals surface area contributed by atoms with E-state index < -0.39 is 29.7 Å². The van der Waals surface area contributed by atoms with Gasteiger partial charge in [0, 0.05) is 42.4 Å². The van der Waals surface area contributed by atoms with E-state index in [-0.39, 0.29) is 31.9 Å². The van der Waals surface area contributed by atoms with Crippen LogP contribution in [0.5, 0.6) is 5.75 Å². The minimum atomic E-state index is -0.952. The summed E-state index contributed by atoms with van der Waals surface area (Å²) < 4.78 is 10.7. The SMILES string of the molecule is COc1ccc(CCC[C@@H](CC(=O)NO)C(=O)N[C@H](Cc2c[nH]c3ccccc23)C(=O)NCCc2cccc(C(=O)OCc3ccccc3)c2)cc1. The Hall–Kier alpha value is -5.94. The maximum absolute atomic E-state index is 13.7. The van der Waals surface area contributed by atoms with Crippen LogP contribution in [0.2, 0.25) is 0 Å². The van der Waals surface area contributed by atoms with Gasteiger partial charge < -0.3 is 25.1 Å². The van der Waals surface area contributed by atoms with E-state index in [0.717, 1.165) is 38.9 Å². The molecule has 11 heteroatoms. The Morgan fingerprint density at radius 2 is 1.56 bits per heavy atom. The minimum Gasteiger partial charge on any atom is -0.497 e. The Labute approximate surface area is 302 Å². The number of esters is 1. The lowest BCUT2D eigenvalue weighted by atomic mass is 9.94. The third kappa shape index (κ3) is 10.8. The first-order valence-electron chi connectivity index (χ1n) is 17.3. The summed E-state index contributed by atoms with van der Waals surface area (Å²) in [7, 11) is 1.60. The molecule has 11 nitrogen and oxygen atoms in total. The van der Waals surface area contributed by atoms with Crippen LogP contribution in [0.25, 0.3) is 10.9 Å². The fourth-order valence-corrected chi connectivity index (χ4v) is 6.07. The maximum Gasteiger partial charge on any atom is 0.338 e. The van der Waals surface area contributed by atoms with Gasteiger partial charge in [0.1, 0.15) is 18.4 Å². The molecule has 1 aromatic heterocycles. The second-order valence-electron chi connectivity index (χ2n) is 12.6. The number of para-hydroxylation sites is 1. The maximum atomic E-state index is 13.7. The van der Waals surface area contributed by atoms with Crippen molar-refractivity contribution in [2.24, 2.45) is 5.92 Å². The number of methoxy groups -OCH3 is 1. The lowest BCUT2D eigenvalue weighted by Crippen LogP contribution is -2.50. The van der Waals surface area contributed by atoms with E-state index >= 15 is 0 Å². The molecule has 1 heterocycles. The molecule has 5 aromatic rings. The Balaban J connectivity index is 1.23. The zero-order chi connectivity index (χ0) is 36.7. The standard InChI is InChI=1S/C41H44N4O7/c1-51-34-19-17-28(18-20-34)11-7-13-31(25-38(46)45-50)39(47)44-37(24-33-26-43-36-16-6-5-15-35(33)36)40(48)42-22-21-29-12-8-14-32(23-29)41(49)52-27-30-9-3-2-4-10-30/h2-6,8-10,12,14-20,23,26,31,37,43,50H,7,11,13,21-22,24-25,27H2,1H3,(H,42,48)(H,44,47)(H,45,46)/t31-,37+/m0/s1. The Morgan fingerprint density at radius 3 is 2.33 bits per heavy atom. The molecule has 0 aliphatic carbocycles. The predicted molar refractivity (Wildman–Crippen MR) is 197 cm³/mol. The monoisotopic (exact) mass is 704 g/mol. The van der Waals surface area contributed by atoms with Crippen molar-refractivity contribution in [1.82, 2.24) is 21.1 Å². The van der Waals surface area contributed by atoms with Crippen molar-refractivity contribution in [3.63, 3.8) is 0 Å². The highest BCUT2D eigenvalue weighted by Crippen LogP contribution is 2.21. The van der Waals surface area contributed by atoms with Crippen LogP contribution >= 0.6 is 0 Å². The average molecular weight is 705 g/mol. The molecule has 0 aliphatic rings. The van der Waals surface area contributed by atoms with Gasteiger partial charge in [-0.05, 0) is 78.3 Å². The van der Waals surface area contributed by atoms with Crippen molar-refractivity contribution in [1.29, 1.82) is 0 Å². The lowest BCUT2D eigenvalue weighted by Gasteiger charge is -2.22. The van der Waals surface area contributed by atoms with Crippen molar-refractivity contribution in [2.75, 3.05) is 13.7 Å². The molecular formula is C41H44N4O7. The molecule has 52 heavy (non-hydrogen) atoms. The number of aryl methyl sites for hydroxylation is 1. The van der Waals surface area contributed by atoms with E-state index in [1.54, 1.807) is 30.8 Å². The normalized spacial score (nSPS) is 12.0. The molecule has 2 atom stereocenters. The minimum absolute atomic E-state index is 0.164. The Bertz CT molecular complexity index is 1940. The summed E-state index contributed by atoms with van der Waals surface area (Å²) >= 11 is 0. The highest BCUT2D eigenvalue weighted by molar-refractivity contribution is 5.92. The zero-order valence-corrected chi connectivity index (χ0v) is 29.1. The molecule has 0 aliphatic heterocycles. The van der Waals surface area contributed by atoms with Crippen LogP contribution in [0.1, 0.15) is 51.9 Å². The van der Waals surface area contributed by atoms with Gasteiger partial charge in [-0.3, -0.25) is 19.6 Å². The molecule has 0 unspecified atom stereocenters. The largest absolute Gasteiger partial charge is 0.497 e. The predicted octanol–water partition coefficient (Wildman–Crippen LogP) is 5.45. The van der Waals surface area contributed by atoms with Crippen LogP contribution in [-0.2, 0) is 45.0 Å².